The molecule has 3 aromatic heterocycles. The second-order valence-electron chi connectivity index (χ2n) is 5.32. The van der Waals surface area contributed by atoms with E-state index in [0.29, 0.717) is 17.4 Å². The summed E-state index contributed by atoms with van der Waals surface area (Å²) in [5.74, 6) is 1.73. The van der Waals surface area contributed by atoms with Gasteiger partial charge in [0.2, 0.25) is 0 Å². The summed E-state index contributed by atoms with van der Waals surface area (Å²) in [6, 6.07) is 5.80. The maximum Gasteiger partial charge on any atom is 0.199 e. The zero-order valence-electron chi connectivity index (χ0n) is 13.6. The van der Waals surface area contributed by atoms with Gasteiger partial charge < -0.3 is 10.2 Å². The van der Waals surface area contributed by atoms with Gasteiger partial charge in [0.25, 0.3) is 0 Å². The van der Waals surface area contributed by atoms with E-state index in [1.807, 2.05) is 26.0 Å². The lowest BCUT2D eigenvalue weighted by Gasteiger charge is -2.11. The number of aromatic nitrogens is 2. The largest absolute Gasteiger partial charge is 0.461 e. The van der Waals surface area contributed by atoms with Gasteiger partial charge >= 0.3 is 0 Å². The first-order valence-corrected chi connectivity index (χ1v) is 8.93. The van der Waals surface area contributed by atoms with Gasteiger partial charge in [0, 0.05) is 11.4 Å². The minimum Gasteiger partial charge on any atom is -0.461 e. The molecule has 6 heteroatoms. The van der Waals surface area contributed by atoms with Crippen LogP contribution in [0.25, 0.3) is 21.8 Å². The van der Waals surface area contributed by atoms with Crippen LogP contribution in [0.5, 0.6) is 0 Å². The molecule has 4 rings (SSSR count). The maximum atomic E-state index is 6.08. The Kier molecular flexibility index (Phi) is 4.93. The lowest BCUT2D eigenvalue weighted by atomic mass is 10.3. The first-order valence-electron chi connectivity index (χ1n) is 8.12. The Hall–Kier alpha value is -1.92. The third-order valence-electron chi connectivity index (χ3n) is 3.79. The van der Waals surface area contributed by atoms with E-state index in [4.69, 9.17) is 10.2 Å². The normalized spacial score (nSPS) is 14.9. The highest BCUT2D eigenvalue weighted by Gasteiger charge is 2.16. The van der Waals surface area contributed by atoms with Crippen LogP contribution in [0.1, 0.15) is 31.6 Å². The van der Waals surface area contributed by atoms with Gasteiger partial charge in [-0.05, 0) is 44.1 Å². The average molecular weight is 330 g/mol. The highest BCUT2D eigenvalue weighted by atomic mass is 32.1. The summed E-state index contributed by atoms with van der Waals surface area (Å²) in [4.78, 5) is 13.6. The lowest BCUT2D eigenvalue weighted by molar-refractivity contribution is 0.334. The molecule has 23 heavy (non-hydrogen) atoms. The van der Waals surface area contributed by atoms with Crippen molar-refractivity contribution in [3.63, 3.8) is 0 Å². The molecule has 0 aromatic carbocycles. The van der Waals surface area contributed by atoms with E-state index < -0.39 is 0 Å². The summed E-state index contributed by atoms with van der Waals surface area (Å²) >= 11 is 1.70. The summed E-state index contributed by atoms with van der Waals surface area (Å²) in [5, 5.41) is 0.949. The van der Waals surface area contributed by atoms with Crippen molar-refractivity contribution in [2.24, 2.45) is 0 Å². The SMILES string of the molecule is CC.Nc1nc(-c2ccco2)nc2sc(CN3CCCC3)cc12. The molecule has 0 unspecified atom stereocenters. The maximum absolute atomic E-state index is 6.08. The molecule has 0 radical (unpaired) electrons. The van der Waals surface area contributed by atoms with Crippen LogP contribution in [-0.4, -0.2) is 28.0 Å². The summed E-state index contributed by atoms with van der Waals surface area (Å²) in [5.41, 5.74) is 6.08. The van der Waals surface area contributed by atoms with Gasteiger partial charge in [0.05, 0.1) is 11.6 Å². The smallest absolute Gasteiger partial charge is 0.199 e. The number of nitrogen functional groups attached to an aromatic ring is 1. The van der Waals surface area contributed by atoms with Crippen LogP contribution in [0.15, 0.2) is 28.9 Å². The zero-order chi connectivity index (χ0) is 16.2. The molecule has 0 saturated carbocycles. The van der Waals surface area contributed by atoms with Gasteiger partial charge in [0.1, 0.15) is 10.6 Å². The van der Waals surface area contributed by atoms with Crippen molar-refractivity contribution in [2.75, 3.05) is 18.8 Å². The molecule has 0 atom stereocenters. The third-order valence-corrected chi connectivity index (χ3v) is 4.81. The topological polar surface area (TPSA) is 68.2 Å². The second kappa shape index (κ2) is 7.10. The number of thiophene rings is 1. The fourth-order valence-electron chi connectivity index (χ4n) is 2.75. The molecule has 4 heterocycles. The number of nitrogens with zero attached hydrogens (tertiary/aromatic N) is 3. The van der Waals surface area contributed by atoms with Crippen molar-refractivity contribution in [1.82, 2.24) is 14.9 Å². The molecule has 1 fully saturated rings. The van der Waals surface area contributed by atoms with Gasteiger partial charge in [0.15, 0.2) is 11.6 Å². The zero-order valence-corrected chi connectivity index (χ0v) is 14.4. The predicted molar refractivity (Wildman–Crippen MR) is 95.4 cm³/mol. The molecule has 1 saturated heterocycles. The van der Waals surface area contributed by atoms with Crippen LogP contribution >= 0.6 is 11.3 Å². The summed E-state index contributed by atoms with van der Waals surface area (Å²) in [6.45, 7) is 7.36. The average Bonchev–Trinajstić information content (AvgIpc) is 3.31. The monoisotopic (exact) mass is 330 g/mol. The van der Waals surface area contributed by atoms with Crippen molar-refractivity contribution >= 4 is 27.4 Å². The standard InChI is InChI=1S/C15H16N4OS.C2H6/c16-13-11-8-10(9-19-5-1-2-6-19)21-15(11)18-14(17-13)12-4-3-7-20-12;1-2/h3-4,7-8H,1-2,5-6,9H2,(H2,16,17,18);1-2H3. The van der Waals surface area contributed by atoms with Crippen molar-refractivity contribution in [3.8, 4) is 11.6 Å². The third kappa shape index (κ3) is 3.38. The second-order valence-corrected chi connectivity index (χ2v) is 6.44. The van der Waals surface area contributed by atoms with E-state index in [-0.39, 0.29) is 0 Å². The molecule has 1 aliphatic heterocycles. The van der Waals surface area contributed by atoms with E-state index in [2.05, 4.69) is 20.9 Å². The van der Waals surface area contributed by atoms with E-state index in [9.17, 15) is 0 Å². The molecule has 122 valence electrons. The van der Waals surface area contributed by atoms with Gasteiger partial charge in [-0.25, -0.2) is 9.97 Å². The number of furan rings is 1. The first kappa shape index (κ1) is 16.0. The number of nitrogens with two attached hydrogens (primary N) is 1. The lowest BCUT2D eigenvalue weighted by Crippen LogP contribution is -2.17. The van der Waals surface area contributed by atoms with Crippen LogP contribution in [-0.2, 0) is 6.54 Å². The van der Waals surface area contributed by atoms with E-state index in [1.165, 1.54) is 30.8 Å². The van der Waals surface area contributed by atoms with Gasteiger partial charge in [-0.2, -0.15) is 0 Å². The van der Waals surface area contributed by atoms with Crippen molar-refractivity contribution in [3.05, 3.63) is 29.3 Å². The molecule has 0 aliphatic carbocycles. The Morgan fingerprint density at radius 2 is 2.04 bits per heavy atom. The van der Waals surface area contributed by atoms with Crippen molar-refractivity contribution < 1.29 is 4.42 Å². The molecular formula is C17H22N4OS. The molecule has 5 nitrogen and oxygen atoms in total. The number of hydrogen-bond acceptors (Lipinski definition) is 6. The van der Waals surface area contributed by atoms with Gasteiger partial charge in [-0.3, -0.25) is 4.90 Å². The van der Waals surface area contributed by atoms with Crippen LogP contribution in [0.4, 0.5) is 5.82 Å². The van der Waals surface area contributed by atoms with E-state index >= 15 is 0 Å². The Morgan fingerprint density at radius 3 is 2.74 bits per heavy atom. The highest BCUT2D eigenvalue weighted by Crippen LogP contribution is 2.31. The molecule has 0 bridgehead atoms. The van der Waals surface area contributed by atoms with Crippen LogP contribution in [0, 0.1) is 0 Å². The van der Waals surface area contributed by atoms with Crippen molar-refractivity contribution in [2.45, 2.75) is 33.2 Å². The highest BCUT2D eigenvalue weighted by molar-refractivity contribution is 7.18. The van der Waals surface area contributed by atoms with E-state index in [0.717, 1.165) is 16.8 Å². The molecular weight excluding hydrogens is 308 g/mol. The number of anilines is 1. The molecule has 0 spiro atoms. The Balaban J connectivity index is 0.000000753. The predicted octanol–water partition coefficient (Wildman–Crippen LogP) is 4.16. The fraction of sp³-hybridized carbons (Fsp3) is 0.412. The Bertz CT molecular complexity index is 760. The van der Waals surface area contributed by atoms with Crippen LogP contribution in [0.3, 0.4) is 0 Å². The van der Waals surface area contributed by atoms with Crippen LogP contribution in [0.2, 0.25) is 0 Å². The first-order chi connectivity index (χ1) is 11.3. The quantitative estimate of drug-likeness (QED) is 0.781. The minimum absolute atomic E-state index is 0.523. The van der Waals surface area contributed by atoms with Crippen molar-refractivity contribution in [1.29, 1.82) is 0 Å². The molecule has 3 aromatic rings. The Morgan fingerprint density at radius 1 is 1.26 bits per heavy atom. The number of fused-ring (bicyclic) bond motifs is 1. The summed E-state index contributed by atoms with van der Waals surface area (Å²) < 4.78 is 5.35. The number of hydrogen-bond donors (Lipinski definition) is 1. The van der Waals surface area contributed by atoms with Gasteiger partial charge in [-0.15, -0.1) is 11.3 Å². The summed E-state index contributed by atoms with van der Waals surface area (Å²) in [7, 11) is 0. The molecule has 0 amide bonds. The molecule has 1 aliphatic rings. The summed E-state index contributed by atoms with van der Waals surface area (Å²) in [6.07, 6.45) is 4.22. The van der Waals surface area contributed by atoms with Crippen LogP contribution < -0.4 is 5.73 Å². The fourth-order valence-corrected chi connectivity index (χ4v) is 3.83. The Labute approximate surface area is 140 Å². The number of rotatable bonds is 3. The number of likely N-dealkylation sites (tertiary alicyclic amines) is 1. The molecule has 2 N–H and O–H groups in total. The minimum atomic E-state index is 0.523. The van der Waals surface area contributed by atoms with E-state index in [1.54, 1.807) is 17.6 Å². The van der Waals surface area contributed by atoms with Gasteiger partial charge in [-0.1, -0.05) is 13.8 Å².